The topological polar surface area (TPSA) is 26.0 Å². The normalized spacial score (nSPS) is 12.5. The van der Waals surface area contributed by atoms with Crippen LogP contribution < -0.4 is 5.73 Å². The van der Waals surface area contributed by atoms with E-state index in [2.05, 4.69) is 41.6 Å². The highest BCUT2D eigenvalue weighted by Crippen LogP contribution is 2.22. The van der Waals surface area contributed by atoms with Gasteiger partial charge in [-0.1, -0.05) is 28.1 Å². The van der Waals surface area contributed by atoms with Crippen molar-refractivity contribution in [3.05, 3.63) is 46.5 Å². The minimum Gasteiger partial charge on any atom is -0.324 e. The quantitative estimate of drug-likeness (QED) is 0.805. The Labute approximate surface area is 87.8 Å². The van der Waals surface area contributed by atoms with Gasteiger partial charge in [0.15, 0.2) is 0 Å². The molecule has 0 amide bonds. The zero-order valence-electron chi connectivity index (χ0n) is 7.76. The van der Waals surface area contributed by atoms with Gasteiger partial charge in [-0.25, -0.2) is 0 Å². The lowest BCUT2D eigenvalue weighted by Crippen LogP contribution is -2.10. The Balaban J connectivity index is 2.97. The summed E-state index contributed by atoms with van der Waals surface area (Å²) in [6.45, 7) is 5.76. The van der Waals surface area contributed by atoms with Crippen LogP contribution in [0, 0.1) is 6.92 Å². The van der Waals surface area contributed by atoms with Crippen LogP contribution in [-0.2, 0) is 0 Å². The van der Waals surface area contributed by atoms with Crippen LogP contribution >= 0.6 is 15.9 Å². The number of rotatable bonds is 3. The van der Waals surface area contributed by atoms with Crippen LogP contribution in [0.3, 0.4) is 0 Å². The lowest BCUT2D eigenvalue weighted by molar-refractivity contribution is 0.735. The van der Waals surface area contributed by atoms with E-state index in [4.69, 9.17) is 5.73 Å². The fourth-order valence-corrected chi connectivity index (χ4v) is 1.70. The van der Waals surface area contributed by atoms with Crippen LogP contribution in [0.5, 0.6) is 0 Å². The first-order valence-electron chi connectivity index (χ1n) is 4.27. The molecule has 13 heavy (non-hydrogen) atoms. The van der Waals surface area contributed by atoms with Gasteiger partial charge in [-0.05, 0) is 36.6 Å². The Morgan fingerprint density at radius 2 is 2.31 bits per heavy atom. The monoisotopic (exact) mass is 239 g/mol. The molecule has 0 aliphatic carbocycles. The van der Waals surface area contributed by atoms with Gasteiger partial charge >= 0.3 is 0 Å². The van der Waals surface area contributed by atoms with Gasteiger partial charge in [-0.15, -0.1) is 6.58 Å². The molecule has 2 N–H and O–H groups in total. The number of hydrogen-bond donors (Lipinski definition) is 1. The zero-order chi connectivity index (χ0) is 9.84. The molecule has 1 atom stereocenters. The number of benzene rings is 1. The zero-order valence-corrected chi connectivity index (χ0v) is 9.34. The maximum Gasteiger partial charge on any atom is 0.0332 e. The van der Waals surface area contributed by atoms with E-state index in [1.165, 1.54) is 11.1 Å². The first-order chi connectivity index (χ1) is 6.15. The van der Waals surface area contributed by atoms with E-state index < -0.39 is 0 Å². The van der Waals surface area contributed by atoms with Gasteiger partial charge < -0.3 is 5.73 Å². The van der Waals surface area contributed by atoms with E-state index >= 15 is 0 Å². The summed E-state index contributed by atoms with van der Waals surface area (Å²) in [5.41, 5.74) is 8.41. The van der Waals surface area contributed by atoms with Crippen LogP contribution in [0.1, 0.15) is 23.6 Å². The Morgan fingerprint density at radius 3 is 2.92 bits per heavy atom. The second kappa shape index (κ2) is 4.58. The van der Waals surface area contributed by atoms with Crippen molar-refractivity contribution in [3.8, 4) is 0 Å². The van der Waals surface area contributed by atoms with Crippen LogP contribution in [0.2, 0.25) is 0 Å². The summed E-state index contributed by atoms with van der Waals surface area (Å²) in [6.07, 6.45) is 2.67. The van der Waals surface area contributed by atoms with Crippen molar-refractivity contribution in [1.29, 1.82) is 0 Å². The lowest BCUT2D eigenvalue weighted by atomic mass is 10.00. The molecule has 0 unspecified atom stereocenters. The summed E-state index contributed by atoms with van der Waals surface area (Å²) in [4.78, 5) is 0. The van der Waals surface area contributed by atoms with Crippen LogP contribution in [0.4, 0.5) is 0 Å². The smallest absolute Gasteiger partial charge is 0.0332 e. The Morgan fingerprint density at radius 1 is 1.62 bits per heavy atom. The van der Waals surface area contributed by atoms with E-state index in [1.807, 2.05) is 12.1 Å². The maximum atomic E-state index is 5.98. The summed E-state index contributed by atoms with van der Waals surface area (Å²) < 4.78 is 1.08. The fourth-order valence-electron chi connectivity index (χ4n) is 1.32. The van der Waals surface area contributed by atoms with Gasteiger partial charge in [0.05, 0.1) is 0 Å². The average molecular weight is 240 g/mol. The van der Waals surface area contributed by atoms with E-state index in [1.54, 1.807) is 0 Å². The average Bonchev–Trinajstić information content (AvgIpc) is 2.09. The molecule has 2 heteroatoms. The molecule has 0 aromatic heterocycles. The molecule has 0 fully saturated rings. The van der Waals surface area contributed by atoms with Crippen molar-refractivity contribution < 1.29 is 0 Å². The molecular formula is C11H14BrN. The molecule has 0 heterocycles. The summed E-state index contributed by atoms with van der Waals surface area (Å²) in [6, 6.07) is 6.24. The first-order valence-corrected chi connectivity index (χ1v) is 5.07. The van der Waals surface area contributed by atoms with Crippen molar-refractivity contribution in [2.45, 2.75) is 19.4 Å². The number of hydrogen-bond acceptors (Lipinski definition) is 1. The summed E-state index contributed by atoms with van der Waals surface area (Å²) in [7, 11) is 0. The van der Waals surface area contributed by atoms with Crippen molar-refractivity contribution in [3.63, 3.8) is 0 Å². The van der Waals surface area contributed by atoms with Gasteiger partial charge in [-0.2, -0.15) is 0 Å². The molecule has 1 aromatic rings. The van der Waals surface area contributed by atoms with Gasteiger partial charge in [0.25, 0.3) is 0 Å². The number of nitrogens with two attached hydrogens (primary N) is 1. The Bertz CT molecular complexity index is 307. The fraction of sp³-hybridized carbons (Fsp3) is 0.273. The SMILES string of the molecule is C=CC[C@H](N)c1cc(Br)ccc1C. The Hall–Kier alpha value is -0.600. The standard InChI is InChI=1S/C11H14BrN/c1-3-4-11(13)10-7-9(12)6-5-8(10)2/h3,5-7,11H,1,4,13H2,2H3/t11-/m0/s1. The molecule has 1 rings (SSSR count). The third-order valence-electron chi connectivity index (χ3n) is 2.06. The first kappa shape index (κ1) is 10.5. The molecular weight excluding hydrogens is 226 g/mol. The summed E-state index contributed by atoms with van der Waals surface area (Å²) >= 11 is 3.43. The molecule has 0 bridgehead atoms. The molecule has 0 aliphatic rings. The Kier molecular flexibility index (Phi) is 3.70. The molecule has 70 valence electrons. The van der Waals surface area contributed by atoms with Crippen LogP contribution in [-0.4, -0.2) is 0 Å². The van der Waals surface area contributed by atoms with E-state index in [0.717, 1.165) is 10.9 Å². The minimum absolute atomic E-state index is 0.0648. The maximum absolute atomic E-state index is 5.98. The highest BCUT2D eigenvalue weighted by atomic mass is 79.9. The predicted molar refractivity (Wildman–Crippen MR) is 60.6 cm³/mol. The second-order valence-electron chi connectivity index (χ2n) is 3.13. The van der Waals surface area contributed by atoms with Gasteiger partial charge in [-0.3, -0.25) is 0 Å². The largest absolute Gasteiger partial charge is 0.324 e. The van der Waals surface area contributed by atoms with Crippen molar-refractivity contribution in [2.24, 2.45) is 5.73 Å². The lowest BCUT2D eigenvalue weighted by Gasteiger charge is -2.12. The van der Waals surface area contributed by atoms with E-state index in [9.17, 15) is 0 Å². The summed E-state index contributed by atoms with van der Waals surface area (Å²) in [5.74, 6) is 0. The number of halogens is 1. The van der Waals surface area contributed by atoms with Gasteiger partial charge in [0.1, 0.15) is 0 Å². The van der Waals surface area contributed by atoms with Crippen molar-refractivity contribution >= 4 is 15.9 Å². The minimum atomic E-state index is 0.0648. The highest BCUT2D eigenvalue weighted by Gasteiger charge is 2.06. The van der Waals surface area contributed by atoms with E-state index in [-0.39, 0.29) is 6.04 Å². The third kappa shape index (κ3) is 2.68. The molecule has 1 aromatic carbocycles. The molecule has 0 spiro atoms. The van der Waals surface area contributed by atoms with Crippen molar-refractivity contribution in [2.75, 3.05) is 0 Å². The molecule has 0 radical (unpaired) electrons. The molecule has 1 nitrogen and oxygen atoms in total. The van der Waals surface area contributed by atoms with Crippen molar-refractivity contribution in [1.82, 2.24) is 0 Å². The van der Waals surface area contributed by atoms with Crippen LogP contribution in [0.15, 0.2) is 35.3 Å². The molecule has 0 saturated carbocycles. The van der Waals surface area contributed by atoms with Gasteiger partial charge in [0.2, 0.25) is 0 Å². The molecule has 0 aliphatic heterocycles. The van der Waals surface area contributed by atoms with E-state index in [0.29, 0.717) is 0 Å². The predicted octanol–water partition coefficient (Wildman–Crippen LogP) is 3.33. The third-order valence-corrected chi connectivity index (χ3v) is 2.55. The second-order valence-corrected chi connectivity index (χ2v) is 4.05. The number of aryl methyl sites for hydroxylation is 1. The highest BCUT2D eigenvalue weighted by molar-refractivity contribution is 9.10. The molecule has 0 saturated heterocycles. The summed E-state index contributed by atoms with van der Waals surface area (Å²) in [5, 5.41) is 0. The van der Waals surface area contributed by atoms with Gasteiger partial charge in [0, 0.05) is 10.5 Å². The van der Waals surface area contributed by atoms with Crippen LogP contribution in [0.25, 0.3) is 0 Å².